The number of benzene rings is 2. The van der Waals surface area contributed by atoms with Crippen molar-refractivity contribution in [2.24, 2.45) is 0 Å². The predicted octanol–water partition coefficient (Wildman–Crippen LogP) is 2.83. The summed E-state index contributed by atoms with van der Waals surface area (Å²) in [7, 11) is 0. The second-order valence-electron chi connectivity index (χ2n) is 5.00. The van der Waals surface area contributed by atoms with Crippen molar-refractivity contribution >= 4 is 34.4 Å². The maximum absolute atomic E-state index is 12.0. The minimum absolute atomic E-state index is 0.369. The van der Waals surface area contributed by atoms with Crippen molar-refractivity contribution in [3.8, 4) is 5.75 Å². The summed E-state index contributed by atoms with van der Waals surface area (Å²) in [6, 6.07) is 14.5. The van der Waals surface area contributed by atoms with E-state index in [-0.39, 0.29) is 5.91 Å². The summed E-state index contributed by atoms with van der Waals surface area (Å²) in [5, 5.41) is 0. The molecule has 2 aromatic rings. The van der Waals surface area contributed by atoms with Gasteiger partial charge in [-0.2, -0.15) is 0 Å². The van der Waals surface area contributed by atoms with Crippen LogP contribution in [0.1, 0.15) is 22.8 Å². The zero-order valence-corrected chi connectivity index (χ0v) is 15.0. The Labute approximate surface area is 148 Å². The molecule has 1 unspecified atom stereocenters. The maximum Gasteiger partial charge on any atom is 0.279 e. The Morgan fingerprint density at radius 2 is 1.83 bits per heavy atom. The number of aryl methyl sites for hydroxylation is 1. The molecule has 2 amide bonds. The fourth-order valence-electron chi connectivity index (χ4n) is 1.88. The zero-order valence-electron chi connectivity index (χ0n) is 12.8. The van der Waals surface area contributed by atoms with Crippen LogP contribution in [-0.4, -0.2) is 17.9 Å². The van der Waals surface area contributed by atoms with Gasteiger partial charge >= 0.3 is 0 Å². The van der Waals surface area contributed by atoms with E-state index in [9.17, 15) is 9.59 Å². The SMILES string of the molecule is Cc1cccc(OC(C)C(=O)NNC(=O)c2ccccc2I)c1. The van der Waals surface area contributed by atoms with Gasteiger partial charge in [-0.1, -0.05) is 24.3 Å². The first-order chi connectivity index (χ1) is 11.0. The third-order valence-corrected chi connectivity index (χ3v) is 4.03. The van der Waals surface area contributed by atoms with Gasteiger partial charge in [0, 0.05) is 3.57 Å². The van der Waals surface area contributed by atoms with Gasteiger partial charge in [0.1, 0.15) is 5.75 Å². The Bertz CT molecular complexity index is 718. The number of ether oxygens (including phenoxy) is 1. The van der Waals surface area contributed by atoms with E-state index in [1.54, 1.807) is 25.1 Å². The van der Waals surface area contributed by atoms with Crippen LogP contribution in [-0.2, 0) is 4.79 Å². The van der Waals surface area contributed by atoms with Crippen LogP contribution in [0.2, 0.25) is 0 Å². The molecule has 2 rings (SSSR count). The molecule has 1 atom stereocenters. The van der Waals surface area contributed by atoms with Gasteiger partial charge in [-0.25, -0.2) is 0 Å². The molecule has 0 radical (unpaired) electrons. The summed E-state index contributed by atoms with van der Waals surface area (Å²) in [6.07, 6.45) is -0.730. The third-order valence-electron chi connectivity index (χ3n) is 3.09. The molecule has 0 aromatic heterocycles. The van der Waals surface area contributed by atoms with E-state index in [1.807, 2.05) is 37.3 Å². The van der Waals surface area contributed by atoms with Crippen molar-refractivity contribution in [3.05, 3.63) is 63.2 Å². The highest BCUT2D eigenvalue weighted by Gasteiger charge is 2.16. The lowest BCUT2D eigenvalue weighted by molar-refractivity contribution is -0.128. The molecule has 0 aliphatic heterocycles. The molecule has 23 heavy (non-hydrogen) atoms. The van der Waals surface area contributed by atoms with Crippen LogP contribution in [0.5, 0.6) is 5.75 Å². The van der Waals surface area contributed by atoms with Crippen LogP contribution >= 0.6 is 22.6 Å². The van der Waals surface area contributed by atoms with E-state index < -0.39 is 12.0 Å². The highest BCUT2D eigenvalue weighted by Crippen LogP contribution is 2.14. The van der Waals surface area contributed by atoms with Gasteiger partial charge in [-0.15, -0.1) is 0 Å². The molecule has 0 saturated carbocycles. The van der Waals surface area contributed by atoms with Crippen LogP contribution in [0.25, 0.3) is 0 Å². The van der Waals surface area contributed by atoms with Crippen LogP contribution < -0.4 is 15.6 Å². The summed E-state index contributed by atoms with van der Waals surface area (Å²) < 4.78 is 6.36. The Hall–Kier alpha value is -2.09. The van der Waals surface area contributed by atoms with Crippen LogP contribution in [0, 0.1) is 10.5 Å². The normalized spacial score (nSPS) is 11.4. The molecule has 6 heteroatoms. The van der Waals surface area contributed by atoms with Crippen molar-refractivity contribution in [3.63, 3.8) is 0 Å². The predicted molar refractivity (Wildman–Crippen MR) is 96.0 cm³/mol. The first-order valence-corrected chi connectivity index (χ1v) is 8.13. The fraction of sp³-hybridized carbons (Fsp3) is 0.176. The van der Waals surface area contributed by atoms with Gasteiger partial charge in [0.25, 0.3) is 11.8 Å². The van der Waals surface area contributed by atoms with E-state index in [1.165, 1.54) is 0 Å². The van der Waals surface area contributed by atoms with Gasteiger partial charge in [0.05, 0.1) is 5.56 Å². The summed E-state index contributed by atoms with van der Waals surface area (Å²) in [6.45, 7) is 3.56. The lowest BCUT2D eigenvalue weighted by Gasteiger charge is -2.15. The molecule has 0 bridgehead atoms. The summed E-state index contributed by atoms with van der Waals surface area (Å²) in [4.78, 5) is 24.0. The fourth-order valence-corrected chi connectivity index (χ4v) is 2.51. The molecule has 0 aliphatic rings. The van der Waals surface area contributed by atoms with Crippen molar-refractivity contribution in [1.82, 2.24) is 10.9 Å². The van der Waals surface area contributed by atoms with Crippen molar-refractivity contribution in [2.45, 2.75) is 20.0 Å². The van der Waals surface area contributed by atoms with E-state index in [0.29, 0.717) is 11.3 Å². The minimum Gasteiger partial charge on any atom is -0.481 e. The Morgan fingerprint density at radius 3 is 2.52 bits per heavy atom. The van der Waals surface area contributed by atoms with E-state index >= 15 is 0 Å². The number of rotatable bonds is 4. The number of hydrazine groups is 1. The van der Waals surface area contributed by atoms with Gasteiger partial charge in [-0.05, 0) is 66.3 Å². The maximum atomic E-state index is 12.0. The molecular formula is C17H17IN2O3. The van der Waals surface area contributed by atoms with Crippen molar-refractivity contribution < 1.29 is 14.3 Å². The largest absolute Gasteiger partial charge is 0.481 e. The van der Waals surface area contributed by atoms with Crippen molar-refractivity contribution in [1.29, 1.82) is 0 Å². The Morgan fingerprint density at radius 1 is 1.09 bits per heavy atom. The Balaban J connectivity index is 1.89. The van der Waals surface area contributed by atoms with Crippen molar-refractivity contribution in [2.75, 3.05) is 0 Å². The molecule has 5 nitrogen and oxygen atoms in total. The number of hydrogen-bond donors (Lipinski definition) is 2. The molecule has 2 aromatic carbocycles. The highest BCUT2D eigenvalue weighted by atomic mass is 127. The number of carbonyl (C=O) groups excluding carboxylic acids is 2. The minimum atomic E-state index is -0.730. The summed E-state index contributed by atoms with van der Waals surface area (Å²) >= 11 is 2.07. The standard InChI is InChI=1S/C17H17IN2O3/c1-11-6-5-7-13(10-11)23-12(2)16(21)19-20-17(22)14-8-3-4-9-15(14)18/h3-10,12H,1-2H3,(H,19,21)(H,20,22). The summed E-state index contributed by atoms with van der Waals surface area (Å²) in [5.74, 6) is -0.187. The van der Waals surface area contributed by atoms with Crippen LogP contribution in [0.4, 0.5) is 0 Å². The van der Waals surface area contributed by atoms with E-state index in [2.05, 4.69) is 33.4 Å². The van der Waals surface area contributed by atoms with Crippen LogP contribution in [0.3, 0.4) is 0 Å². The van der Waals surface area contributed by atoms with Crippen LogP contribution in [0.15, 0.2) is 48.5 Å². The molecule has 0 spiro atoms. The van der Waals surface area contributed by atoms with Gasteiger partial charge < -0.3 is 4.74 Å². The number of halogens is 1. The van der Waals surface area contributed by atoms with Gasteiger partial charge in [0.2, 0.25) is 0 Å². The first kappa shape index (κ1) is 17.3. The molecule has 120 valence electrons. The first-order valence-electron chi connectivity index (χ1n) is 7.05. The lowest BCUT2D eigenvalue weighted by Crippen LogP contribution is -2.47. The molecule has 2 N–H and O–H groups in total. The van der Waals surface area contributed by atoms with E-state index in [4.69, 9.17) is 4.74 Å². The quantitative estimate of drug-likeness (QED) is 0.586. The number of amides is 2. The highest BCUT2D eigenvalue weighted by molar-refractivity contribution is 14.1. The average Bonchev–Trinajstić information content (AvgIpc) is 2.52. The van der Waals surface area contributed by atoms with Gasteiger partial charge in [-0.3, -0.25) is 20.4 Å². The van der Waals surface area contributed by atoms with E-state index in [0.717, 1.165) is 9.13 Å². The number of hydrogen-bond acceptors (Lipinski definition) is 3. The topological polar surface area (TPSA) is 67.4 Å². The zero-order chi connectivity index (χ0) is 16.8. The Kier molecular flexibility index (Phi) is 5.97. The molecule has 0 saturated heterocycles. The monoisotopic (exact) mass is 424 g/mol. The molecule has 0 aliphatic carbocycles. The number of nitrogens with one attached hydrogen (secondary N) is 2. The average molecular weight is 424 g/mol. The second-order valence-corrected chi connectivity index (χ2v) is 6.16. The third kappa shape index (κ3) is 4.95. The molecule has 0 heterocycles. The summed E-state index contributed by atoms with van der Waals surface area (Å²) in [5.41, 5.74) is 6.31. The molecular weight excluding hydrogens is 407 g/mol. The number of carbonyl (C=O) groups is 2. The molecule has 0 fully saturated rings. The smallest absolute Gasteiger partial charge is 0.279 e. The lowest BCUT2D eigenvalue weighted by atomic mass is 10.2. The second kappa shape index (κ2) is 7.96. The van der Waals surface area contributed by atoms with Gasteiger partial charge in [0.15, 0.2) is 6.10 Å².